The molecule has 2 aromatic carbocycles. The fourth-order valence-corrected chi connectivity index (χ4v) is 3.44. The van der Waals surface area contributed by atoms with Gasteiger partial charge in [-0.25, -0.2) is 0 Å². The van der Waals surface area contributed by atoms with Crippen molar-refractivity contribution in [3.8, 4) is 11.5 Å². The molecule has 0 saturated heterocycles. The topological polar surface area (TPSA) is 49.2 Å². The predicted molar refractivity (Wildman–Crippen MR) is 113 cm³/mol. The van der Waals surface area contributed by atoms with E-state index in [0.717, 1.165) is 33.8 Å². The molecule has 0 N–H and O–H groups in total. The minimum atomic E-state index is 0.367. The SMILES string of the molecule is C=CCn1c(COc2cc(C)ccc2C)nnc1SCCOc1ccccc1. The Balaban J connectivity index is 1.59. The molecule has 0 atom stereocenters. The van der Waals surface area contributed by atoms with E-state index in [1.807, 2.05) is 54.0 Å². The fourth-order valence-electron chi connectivity index (χ4n) is 2.66. The Kier molecular flexibility index (Phi) is 7.14. The lowest BCUT2D eigenvalue weighted by atomic mass is 10.1. The van der Waals surface area contributed by atoms with Crippen LogP contribution in [0.25, 0.3) is 0 Å². The highest BCUT2D eigenvalue weighted by molar-refractivity contribution is 7.99. The molecule has 3 aromatic rings. The molecule has 0 aliphatic carbocycles. The molecule has 0 radical (unpaired) electrons. The molecule has 5 nitrogen and oxygen atoms in total. The van der Waals surface area contributed by atoms with Crippen LogP contribution in [-0.2, 0) is 13.2 Å². The normalized spacial score (nSPS) is 10.6. The zero-order chi connectivity index (χ0) is 19.8. The predicted octanol–water partition coefficient (Wildman–Crippen LogP) is 4.83. The van der Waals surface area contributed by atoms with Gasteiger partial charge in [-0.3, -0.25) is 4.57 Å². The molecule has 3 rings (SSSR count). The van der Waals surface area contributed by atoms with Crippen LogP contribution in [0.1, 0.15) is 17.0 Å². The zero-order valence-electron chi connectivity index (χ0n) is 16.3. The van der Waals surface area contributed by atoms with Crippen LogP contribution < -0.4 is 9.47 Å². The molecule has 0 saturated carbocycles. The summed E-state index contributed by atoms with van der Waals surface area (Å²) in [5.74, 6) is 3.31. The molecule has 6 heteroatoms. The molecule has 146 valence electrons. The zero-order valence-corrected chi connectivity index (χ0v) is 17.1. The highest BCUT2D eigenvalue weighted by Crippen LogP contribution is 2.22. The Bertz CT molecular complexity index is 909. The number of thioether (sulfide) groups is 1. The lowest BCUT2D eigenvalue weighted by Gasteiger charge is -2.11. The summed E-state index contributed by atoms with van der Waals surface area (Å²) in [5, 5.41) is 9.49. The summed E-state index contributed by atoms with van der Waals surface area (Å²) in [6.45, 7) is 9.55. The van der Waals surface area contributed by atoms with E-state index in [1.165, 1.54) is 5.56 Å². The van der Waals surface area contributed by atoms with E-state index in [1.54, 1.807) is 11.8 Å². The number of allylic oxidation sites excluding steroid dienone is 1. The van der Waals surface area contributed by atoms with Crippen LogP contribution in [0.2, 0.25) is 0 Å². The van der Waals surface area contributed by atoms with Gasteiger partial charge in [0.05, 0.1) is 6.61 Å². The van der Waals surface area contributed by atoms with Crippen LogP contribution >= 0.6 is 11.8 Å². The number of aryl methyl sites for hydroxylation is 2. The van der Waals surface area contributed by atoms with Crippen molar-refractivity contribution in [1.29, 1.82) is 0 Å². The third kappa shape index (κ3) is 5.39. The number of rotatable bonds is 10. The van der Waals surface area contributed by atoms with Crippen LogP contribution in [0.15, 0.2) is 66.3 Å². The first-order valence-electron chi connectivity index (χ1n) is 9.21. The van der Waals surface area contributed by atoms with Crippen molar-refractivity contribution in [3.63, 3.8) is 0 Å². The van der Waals surface area contributed by atoms with Crippen LogP contribution in [0.5, 0.6) is 11.5 Å². The molecule has 0 amide bonds. The van der Waals surface area contributed by atoms with Crippen LogP contribution in [-0.4, -0.2) is 27.1 Å². The minimum Gasteiger partial charge on any atom is -0.493 e. The fraction of sp³-hybridized carbons (Fsp3) is 0.273. The largest absolute Gasteiger partial charge is 0.493 e. The van der Waals surface area contributed by atoms with E-state index in [9.17, 15) is 0 Å². The highest BCUT2D eigenvalue weighted by Gasteiger charge is 2.13. The summed E-state index contributed by atoms with van der Waals surface area (Å²) < 4.78 is 13.8. The second kappa shape index (κ2) is 9.99. The van der Waals surface area contributed by atoms with Crippen molar-refractivity contribution in [2.75, 3.05) is 12.4 Å². The average Bonchev–Trinajstić information content (AvgIpc) is 3.09. The quantitative estimate of drug-likeness (QED) is 0.279. The number of benzene rings is 2. The summed E-state index contributed by atoms with van der Waals surface area (Å²) >= 11 is 1.62. The van der Waals surface area contributed by atoms with Gasteiger partial charge in [0.2, 0.25) is 0 Å². The second-order valence-corrected chi connectivity index (χ2v) is 7.43. The number of ether oxygens (including phenoxy) is 2. The molecule has 1 heterocycles. The van der Waals surface area contributed by atoms with Gasteiger partial charge in [-0.15, -0.1) is 16.8 Å². The summed E-state index contributed by atoms with van der Waals surface area (Å²) in [7, 11) is 0. The van der Waals surface area contributed by atoms with E-state index in [4.69, 9.17) is 9.47 Å². The Morgan fingerprint density at radius 1 is 1.07 bits per heavy atom. The van der Waals surface area contributed by atoms with Gasteiger partial charge in [0, 0.05) is 12.3 Å². The van der Waals surface area contributed by atoms with Crippen LogP contribution in [0.3, 0.4) is 0 Å². The first-order chi connectivity index (χ1) is 13.7. The molecule has 0 fully saturated rings. The van der Waals surface area contributed by atoms with Crippen molar-refractivity contribution in [2.45, 2.75) is 32.2 Å². The summed E-state index contributed by atoms with van der Waals surface area (Å²) in [5.41, 5.74) is 2.27. The molecule has 0 bridgehead atoms. The number of aromatic nitrogens is 3. The maximum absolute atomic E-state index is 6.00. The Morgan fingerprint density at radius 2 is 1.89 bits per heavy atom. The van der Waals surface area contributed by atoms with E-state index >= 15 is 0 Å². The van der Waals surface area contributed by atoms with Crippen molar-refractivity contribution in [2.24, 2.45) is 0 Å². The van der Waals surface area contributed by atoms with Crippen LogP contribution in [0, 0.1) is 13.8 Å². The Labute approximate surface area is 170 Å². The summed E-state index contributed by atoms with van der Waals surface area (Å²) in [4.78, 5) is 0. The molecule has 0 aliphatic heterocycles. The van der Waals surface area contributed by atoms with E-state index in [-0.39, 0.29) is 0 Å². The summed E-state index contributed by atoms with van der Waals surface area (Å²) in [6.07, 6.45) is 1.84. The van der Waals surface area contributed by atoms with Gasteiger partial charge in [0.1, 0.15) is 18.1 Å². The third-order valence-electron chi connectivity index (χ3n) is 4.13. The average molecular weight is 396 g/mol. The smallest absolute Gasteiger partial charge is 0.191 e. The summed E-state index contributed by atoms with van der Waals surface area (Å²) in [6, 6.07) is 16.0. The van der Waals surface area contributed by atoms with Gasteiger partial charge in [-0.2, -0.15) is 0 Å². The number of hydrogen-bond acceptors (Lipinski definition) is 5. The van der Waals surface area contributed by atoms with Crippen molar-refractivity contribution in [1.82, 2.24) is 14.8 Å². The molecule has 0 aliphatic rings. The number of para-hydroxylation sites is 1. The molecule has 0 unspecified atom stereocenters. The second-order valence-electron chi connectivity index (χ2n) is 6.37. The van der Waals surface area contributed by atoms with Gasteiger partial charge in [-0.05, 0) is 43.2 Å². The number of nitrogens with zero attached hydrogens (tertiary/aromatic N) is 3. The van der Waals surface area contributed by atoms with Crippen LogP contribution in [0.4, 0.5) is 0 Å². The lowest BCUT2D eigenvalue weighted by Crippen LogP contribution is -2.08. The van der Waals surface area contributed by atoms with Gasteiger partial charge in [0.25, 0.3) is 0 Å². The van der Waals surface area contributed by atoms with E-state index < -0.39 is 0 Å². The minimum absolute atomic E-state index is 0.367. The standard InChI is InChI=1S/C22H25N3O2S/c1-4-12-25-21(16-27-20-15-17(2)10-11-18(20)3)23-24-22(25)28-14-13-26-19-8-6-5-7-9-19/h4-11,15H,1,12-14,16H2,2-3H3. The van der Waals surface area contributed by atoms with Crippen molar-refractivity contribution >= 4 is 11.8 Å². The first-order valence-corrected chi connectivity index (χ1v) is 10.2. The van der Waals surface area contributed by atoms with Gasteiger partial charge >= 0.3 is 0 Å². The maximum Gasteiger partial charge on any atom is 0.191 e. The third-order valence-corrected chi connectivity index (χ3v) is 5.06. The van der Waals surface area contributed by atoms with Crippen molar-refractivity contribution in [3.05, 3.63) is 78.1 Å². The van der Waals surface area contributed by atoms with E-state index in [0.29, 0.717) is 19.8 Å². The van der Waals surface area contributed by atoms with Gasteiger partial charge in [0.15, 0.2) is 11.0 Å². The molecule has 0 spiro atoms. The maximum atomic E-state index is 6.00. The van der Waals surface area contributed by atoms with Crippen molar-refractivity contribution < 1.29 is 9.47 Å². The monoisotopic (exact) mass is 395 g/mol. The highest BCUT2D eigenvalue weighted by atomic mass is 32.2. The van der Waals surface area contributed by atoms with Gasteiger partial charge in [-0.1, -0.05) is 48.2 Å². The number of hydrogen-bond donors (Lipinski definition) is 0. The lowest BCUT2D eigenvalue weighted by molar-refractivity contribution is 0.287. The van der Waals surface area contributed by atoms with Gasteiger partial charge < -0.3 is 9.47 Å². The molecular weight excluding hydrogens is 370 g/mol. The molecular formula is C22H25N3O2S. The Hall–Kier alpha value is -2.73. The first kappa shape index (κ1) is 20.0. The van der Waals surface area contributed by atoms with E-state index in [2.05, 4.69) is 35.8 Å². The Morgan fingerprint density at radius 3 is 2.68 bits per heavy atom. The molecule has 1 aromatic heterocycles. The molecule has 28 heavy (non-hydrogen) atoms.